The van der Waals surface area contributed by atoms with E-state index in [-0.39, 0.29) is 5.92 Å². The van der Waals surface area contributed by atoms with Crippen LogP contribution in [0.25, 0.3) is 0 Å². The molecule has 1 saturated heterocycles. The molecule has 1 unspecified atom stereocenters. The van der Waals surface area contributed by atoms with Crippen LogP contribution in [-0.2, 0) is 0 Å². The molecule has 2 aliphatic rings. The number of aliphatic imine (C=N–C) groups is 1. The molecule has 2 rings (SSSR count). The average molecular weight is 340 g/mol. The maximum atomic E-state index is 13.3. The largest absolute Gasteiger partial charge is 0.416 e. The summed E-state index contributed by atoms with van der Waals surface area (Å²) in [7, 11) is 1.86. The molecule has 1 atom stereocenters. The smallest absolute Gasteiger partial charge is 0.363 e. The topological polar surface area (TPSA) is 15.6 Å². The van der Waals surface area contributed by atoms with E-state index < -0.39 is 11.7 Å². The molecule has 0 aromatic carbocycles. The maximum Gasteiger partial charge on any atom is 0.416 e. The monoisotopic (exact) mass is 340 g/mol. The van der Waals surface area contributed by atoms with Crippen LogP contribution in [0.4, 0.5) is 13.2 Å². The molecule has 1 aliphatic carbocycles. The summed E-state index contributed by atoms with van der Waals surface area (Å²) in [5, 5.41) is 0. The van der Waals surface area contributed by atoms with Gasteiger partial charge in [0.25, 0.3) is 0 Å². The van der Waals surface area contributed by atoms with Crippen molar-refractivity contribution in [1.29, 1.82) is 0 Å². The number of likely N-dealkylation sites (tertiary alicyclic amines) is 1. The minimum absolute atomic E-state index is 0.330. The number of amidine groups is 1. The van der Waals surface area contributed by atoms with E-state index in [1.807, 2.05) is 25.8 Å². The van der Waals surface area contributed by atoms with E-state index in [0.717, 1.165) is 13.0 Å². The number of hydrogen-bond donors (Lipinski definition) is 0. The van der Waals surface area contributed by atoms with E-state index in [2.05, 4.69) is 18.2 Å². The lowest BCUT2D eigenvalue weighted by Crippen LogP contribution is -2.40. The fraction of sp³-hybridized carbons (Fsp3) is 0.526. The van der Waals surface area contributed by atoms with Crippen LogP contribution < -0.4 is 0 Å². The fourth-order valence-electron chi connectivity index (χ4n) is 3.00. The van der Waals surface area contributed by atoms with Gasteiger partial charge in [0.2, 0.25) is 0 Å². The minimum Gasteiger partial charge on any atom is -0.363 e. The Labute approximate surface area is 143 Å². The average Bonchev–Trinajstić information content (AvgIpc) is 2.57. The van der Waals surface area contributed by atoms with Gasteiger partial charge in [-0.2, -0.15) is 13.2 Å². The van der Waals surface area contributed by atoms with Crippen molar-refractivity contribution >= 4 is 5.84 Å². The number of piperidine rings is 1. The van der Waals surface area contributed by atoms with E-state index in [1.165, 1.54) is 12.2 Å². The third-order valence-corrected chi connectivity index (χ3v) is 4.05. The van der Waals surface area contributed by atoms with Crippen molar-refractivity contribution in [2.45, 2.75) is 45.7 Å². The molecule has 1 fully saturated rings. The summed E-state index contributed by atoms with van der Waals surface area (Å²) in [6.07, 6.45) is 2.83. The predicted molar refractivity (Wildman–Crippen MR) is 94.9 cm³/mol. The molecular formula is C19H27F3N2. The molecule has 24 heavy (non-hydrogen) atoms. The predicted octanol–water partition coefficient (Wildman–Crippen LogP) is 5.66. The normalized spacial score (nSPS) is 23.0. The Morgan fingerprint density at radius 1 is 1.29 bits per heavy atom. The number of alkyl halides is 3. The Balaban J connectivity index is 0.00000139. The van der Waals surface area contributed by atoms with Gasteiger partial charge in [-0.1, -0.05) is 39.2 Å². The quantitative estimate of drug-likeness (QED) is 0.605. The van der Waals surface area contributed by atoms with E-state index in [0.29, 0.717) is 36.4 Å². The highest BCUT2D eigenvalue weighted by Gasteiger charge is 2.41. The third kappa shape index (κ3) is 4.86. The van der Waals surface area contributed by atoms with Gasteiger partial charge in [0.05, 0.1) is 11.3 Å². The maximum absolute atomic E-state index is 13.3. The summed E-state index contributed by atoms with van der Waals surface area (Å²) >= 11 is 0. The minimum atomic E-state index is -4.32. The molecule has 0 bridgehead atoms. The Bertz CT molecular complexity index is 553. The van der Waals surface area contributed by atoms with Crippen LogP contribution in [0, 0.1) is 5.92 Å². The highest BCUT2D eigenvalue weighted by molar-refractivity contribution is 5.89. The molecular weight excluding hydrogens is 313 g/mol. The van der Waals surface area contributed by atoms with Crippen LogP contribution in [0.5, 0.6) is 0 Å². The van der Waals surface area contributed by atoms with Gasteiger partial charge >= 0.3 is 6.18 Å². The van der Waals surface area contributed by atoms with Gasteiger partial charge in [-0.15, -0.1) is 0 Å². The molecule has 1 aliphatic heterocycles. The lowest BCUT2D eigenvalue weighted by atomic mass is 9.81. The second-order valence-corrected chi connectivity index (χ2v) is 5.63. The molecule has 0 saturated carbocycles. The molecule has 0 N–H and O–H groups in total. The standard InChI is InChI=1S/C17H21F3N2.C2H6/c1-4-12(2)21-16-14(9-7-11-22(16)3)13-8-5-6-10-15(13)17(18,19)20;1-2/h4,8,10,14H,1-2,5-7,9,11H2,3H3;1-2H3. The molecule has 1 heterocycles. The van der Waals surface area contributed by atoms with Crippen molar-refractivity contribution in [3.63, 3.8) is 0 Å². The van der Waals surface area contributed by atoms with Gasteiger partial charge in [-0.05, 0) is 37.3 Å². The first-order chi connectivity index (χ1) is 11.3. The van der Waals surface area contributed by atoms with Crippen molar-refractivity contribution < 1.29 is 13.2 Å². The van der Waals surface area contributed by atoms with E-state index in [9.17, 15) is 13.2 Å². The van der Waals surface area contributed by atoms with E-state index in [1.54, 1.807) is 6.08 Å². The van der Waals surface area contributed by atoms with Crippen LogP contribution in [-0.4, -0.2) is 30.5 Å². The number of halogens is 3. The Morgan fingerprint density at radius 2 is 1.92 bits per heavy atom. The lowest BCUT2D eigenvalue weighted by molar-refractivity contribution is -0.0904. The SMILES string of the molecule is C=CC(=C)N=C1C(C2=CCCC=C2C(F)(F)F)CCCN1C.CC. The van der Waals surface area contributed by atoms with Gasteiger partial charge in [0, 0.05) is 19.5 Å². The summed E-state index contributed by atoms with van der Waals surface area (Å²) in [4.78, 5) is 6.33. The molecule has 134 valence electrons. The second kappa shape index (κ2) is 8.90. The molecule has 0 amide bonds. The van der Waals surface area contributed by atoms with Gasteiger partial charge in [0.1, 0.15) is 5.84 Å². The third-order valence-electron chi connectivity index (χ3n) is 4.05. The number of allylic oxidation sites excluding steroid dienone is 4. The van der Waals surface area contributed by atoms with Gasteiger partial charge in [-0.3, -0.25) is 0 Å². The molecule has 2 nitrogen and oxygen atoms in total. The number of rotatable bonds is 3. The highest BCUT2D eigenvalue weighted by atomic mass is 19.4. The second-order valence-electron chi connectivity index (χ2n) is 5.63. The number of nitrogens with zero attached hydrogens (tertiary/aromatic N) is 2. The highest BCUT2D eigenvalue weighted by Crippen LogP contribution is 2.41. The van der Waals surface area contributed by atoms with Gasteiger partial charge < -0.3 is 4.90 Å². The molecule has 0 aromatic heterocycles. The van der Waals surface area contributed by atoms with Crippen LogP contribution >= 0.6 is 0 Å². The van der Waals surface area contributed by atoms with E-state index >= 15 is 0 Å². The molecule has 0 aromatic rings. The summed E-state index contributed by atoms with van der Waals surface area (Å²) in [6, 6.07) is 0. The zero-order valence-corrected chi connectivity index (χ0v) is 14.8. The van der Waals surface area contributed by atoms with Gasteiger partial charge in [-0.25, -0.2) is 4.99 Å². The zero-order valence-electron chi connectivity index (χ0n) is 14.8. The van der Waals surface area contributed by atoms with Gasteiger partial charge in [0.15, 0.2) is 0 Å². The van der Waals surface area contributed by atoms with Crippen molar-refractivity contribution in [3.8, 4) is 0 Å². The first kappa shape index (κ1) is 20.3. The molecule has 0 radical (unpaired) electrons. The van der Waals surface area contributed by atoms with Crippen molar-refractivity contribution in [2.24, 2.45) is 10.9 Å². The summed E-state index contributed by atoms with van der Waals surface area (Å²) in [5.74, 6) is 0.322. The Kier molecular flexibility index (Phi) is 7.52. The zero-order chi connectivity index (χ0) is 18.3. The van der Waals surface area contributed by atoms with E-state index in [4.69, 9.17) is 0 Å². The van der Waals surface area contributed by atoms with Crippen LogP contribution in [0.3, 0.4) is 0 Å². The lowest BCUT2D eigenvalue weighted by Gasteiger charge is -2.36. The summed E-state index contributed by atoms with van der Waals surface area (Å²) < 4.78 is 39.9. The summed E-state index contributed by atoms with van der Waals surface area (Å²) in [6.45, 7) is 12.2. The number of hydrogen-bond acceptors (Lipinski definition) is 1. The van der Waals surface area contributed by atoms with Crippen molar-refractivity contribution in [2.75, 3.05) is 13.6 Å². The molecule has 0 spiro atoms. The Morgan fingerprint density at radius 3 is 2.50 bits per heavy atom. The fourth-order valence-corrected chi connectivity index (χ4v) is 3.00. The first-order valence-corrected chi connectivity index (χ1v) is 8.43. The van der Waals surface area contributed by atoms with Crippen molar-refractivity contribution in [1.82, 2.24) is 4.90 Å². The van der Waals surface area contributed by atoms with Crippen LogP contribution in [0.1, 0.15) is 39.5 Å². The van der Waals surface area contributed by atoms with Crippen LogP contribution in [0.2, 0.25) is 0 Å². The molecule has 5 heteroatoms. The first-order valence-electron chi connectivity index (χ1n) is 8.43. The van der Waals surface area contributed by atoms with Crippen molar-refractivity contribution in [3.05, 3.63) is 48.2 Å². The van der Waals surface area contributed by atoms with Crippen LogP contribution in [0.15, 0.2) is 53.2 Å². The Hall–Kier alpha value is -1.78. The summed E-state index contributed by atoms with van der Waals surface area (Å²) in [5.41, 5.74) is 0.333.